The first kappa shape index (κ1) is 36.0. The van der Waals surface area contributed by atoms with Crippen molar-refractivity contribution >= 4 is 55.1 Å². The molecule has 0 saturated carbocycles. The van der Waals surface area contributed by atoms with Crippen LogP contribution in [0, 0.1) is 5.92 Å². The van der Waals surface area contributed by atoms with E-state index in [2.05, 4.69) is 21.2 Å². The van der Waals surface area contributed by atoms with Crippen LogP contribution in [0.25, 0.3) is 0 Å². The molecule has 0 bridgehead atoms. The number of anilines is 1. The molecular formula is C36H39BrClN3O5S. The first-order chi connectivity index (χ1) is 22.5. The maximum atomic E-state index is 14.6. The van der Waals surface area contributed by atoms with Gasteiger partial charge in [0, 0.05) is 29.0 Å². The molecule has 4 rings (SSSR count). The van der Waals surface area contributed by atoms with E-state index in [1.54, 1.807) is 24.3 Å². The summed E-state index contributed by atoms with van der Waals surface area (Å²) in [5, 5.41) is 3.38. The molecule has 2 amide bonds. The molecule has 0 radical (unpaired) electrons. The van der Waals surface area contributed by atoms with E-state index in [1.165, 1.54) is 29.2 Å². The first-order valence-electron chi connectivity index (χ1n) is 15.3. The monoisotopic (exact) mass is 739 g/mol. The van der Waals surface area contributed by atoms with Gasteiger partial charge in [0.1, 0.15) is 18.3 Å². The number of hydrogen-bond acceptors (Lipinski definition) is 5. The predicted molar refractivity (Wildman–Crippen MR) is 190 cm³/mol. The summed E-state index contributed by atoms with van der Waals surface area (Å²) in [6, 6.07) is 28.3. The van der Waals surface area contributed by atoms with Crippen molar-refractivity contribution in [2.24, 2.45) is 5.92 Å². The quantitative estimate of drug-likeness (QED) is 0.140. The molecule has 0 fully saturated rings. The Hall–Kier alpha value is -3.86. The van der Waals surface area contributed by atoms with Gasteiger partial charge in [0.15, 0.2) is 0 Å². The van der Waals surface area contributed by atoms with E-state index >= 15 is 0 Å². The van der Waals surface area contributed by atoms with Crippen LogP contribution in [0.5, 0.6) is 5.75 Å². The second-order valence-corrected chi connectivity index (χ2v) is 14.6. The number of ether oxygens (including phenoxy) is 1. The van der Waals surface area contributed by atoms with Gasteiger partial charge in [-0.1, -0.05) is 83.8 Å². The second-order valence-electron chi connectivity index (χ2n) is 11.4. The third kappa shape index (κ3) is 10.1. The molecule has 11 heteroatoms. The van der Waals surface area contributed by atoms with Gasteiger partial charge >= 0.3 is 0 Å². The molecule has 0 aliphatic carbocycles. The number of rotatable bonds is 15. The lowest BCUT2D eigenvalue weighted by Gasteiger charge is -2.34. The number of nitrogens with zero attached hydrogens (tertiary/aromatic N) is 2. The number of amides is 2. The minimum atomic E-state index is -4.25. The maximum absolute atomic E-state index is 14.6. The van der Waals surface area contributed by atoms with Crippen molar-refractivity contribution in [1.82, 2.24) is 10.2 Å². The lowest BCUT2D eigenvalue weighted by molar-refractivity contribution is -0.140. The molecule has 4 aromatic carbocycles. The smallest absolute Gasteiger partial charge is 0.264 e. The summed E-state index contributed by atoms with van der Waals surface area (Å²) in [6.45, 7) is 6.22. The van der Waals surface area contributed by atoms with Crippen molar-refractivity contribution in [3.05, 3.63) is 124 Å². The van der Waals surface area contributed by atoms with Gasteiger partial charge in [-0.2, -0.15) is 0 Å². The fourth-order valence-corrected chi connectivity index (χ4v) is 6.93. The van der Waals surface area contributed by atoms with Crippen molar-refractivity contribution in [3.63, 3.8) is 0 Å². The van der Waals surface area contributed by atoms with Gasteiger partial charge in [-0.05, 0) is 84.6 Å². The number of benzene rings is 4. The molecule has 0 saturated heterocycles. The molecule has 8 nitrogen and oxygen atoms in total. The van der Waals surface area contributed by atoms with E-state index in [0.717, 1.165) is 19.9 Å². The molecule has 0 heterocycles. The summed E-state index contributed by atoms with van der Waals surface area (Å²) in [5.41, 5.74) is 1.90. The highest BCUT2D eigenvalue weighted by Crippen LogP contribution is 2.28. The van der Waals surface area contributed by atoms with Crippen LogP contribution in [-0.2, 0) is 32.6 Å². The molecule has 4 aromatic rings. The molecule has 0 aliphatic rings. The SMILES string of the molecule is CCOc1ccc(N(CC(=O)N(Cc2cccc(Br)c2)C(Cc2ccccc2)C(=O)NCC(C)C)S(=O)(=O)c2ccc(Cl)cc2)cc1. The highest BCUT2D eigenvalue weighted by Gasteiger charge is 2.34. The second kappa shape index (κ2) is 16.8. The van der Waals surface area contributed by atoms with E-state index in [9.17, 15) is 18.0 Å². The zero-order chi connectivity index (χ0) is 34.0. The van der Waals surface area contributed by atoms with Gasteiger partial charge in [0.2, 0.25) is 11.8 Å². The minimum absolute atomic E-state index is 0.0300. The molecule has 1 unspecified atom stereocenters. The molecule has 1 N–H and O–H groups in total. The summed E-state index contributed by atoms with van der Waals surface area (Å²) in [5.74, 6) is -0.117. The van der Waals surface area contributed by atoms with Crippen molar-refractivity contribution in [2.75, 3.05) is 24.0 Å². The van der Waals surface area contributed by atoms with Crippen LogP contribution < -0.4 is 14.4 Å². The normalized spacial score (nSPS) is 12.0. The fraction of sp³-hybridized carbons (Fsp3) is 0.278. The predicted octanol–water partition coefficient (Wildman–Crippen LogP) is 7.11. The molecule has 248 valence electrons. The number of hydrogen-bond donors (Lipinski definition) is 1. The Morgan fingerprint density at radius 3 is 2.17 bits per heavy atom. The van der Waals surface area contributed by atoms with Crippen LogP contribution in [0.15, 0.2) is 112 Å². The van der Waals surface area contributed by atoms with Crippen molar-refractivity contribution in [2.45, 2.75) is 44.7 Å². The largest absolute Gasteiger partial charge is 0.494 e. The van der Waals surface area contributed by atoms with Gasteiger partial charge in [-0.25, -0.2) is 8.42 Å². The van der Waals surface area contributed by atoms with Gasteiger partial charge < -0.3 is 15.0 Å². The number of sulfonamides is 1. The summed E-state index contributed by atoms with van der Waals surface area (Å²) in [4.78, 5) is 29.9. The zero-order valence-electron chi connectivity index (χ0n) is 26.6. The Bertz CT molecular complexity index is 1740. The number of nitrogens with one attached hydrogen (secondary N) is 1. The van der Waals surface area contributed by atoms with Crippen LogP contribution >= 0.6 is 27.5 Å². The Balaban J connectivity index is 1.80. The van der Waals surface area contributed by atoms with Crippen molar-refractivity contribution in [3.8, 4) is 5.75 Å². The highest BCUT2D eigenvalue weighted by atomic mass is 79.9. The fourth-order valence-electron chi connectivity index (χ4n) is 4.95. The average molecular weight is 741 g/mol. The Morgan fingerprint density at radius 2 is 1.55 bits per heavy atom. The van der Waals surface area contributed by atoms with Crippen LogP contribution in [0.2, 0.25) is 5.02 Å². The third-order valence-electron chi connectivity index (χ3n) is 7.31. The summed E-state index contributed by atoms with van der Waals surface area (Å²) < 4.78 is 35.8. The van der Waals surface area contributed by atoms with Crippen LogP contribution in [0.3, 0.4) is 0 Å². The van der Waals surface area contributed by atoms with Crippen LogP contribution in [0.1, 0.15) is 31.9 Å². The van der Waals surface area contributed by atoms with Gasteiger partial charge in [-0.15, -0.1) is 0 Å². The third-order valence-corrected chi connectivity index (χ3v) is 9.85. The summed E-state index contributed by atoms with van der Waals surface area (Å²) in [7, 11) is -4.25. The Morgan fingerprint density at radius 1 is 0.894 bits per heavy atom. The number of halogens is 2. The maximum Gasteiger partial charge on any atom is 0.264 e. The van der Waals surface area contributed by atoms with Crippen molar-refractivity contribution < 1.29 is 22.7 Å². The van der Waals surface area contributed by atoms with E-state index in [0.29, 0.717) is 23.9 Å². The summed E-state index contributed by atoms with van der Waals surface area (Å²) in [6.07, 6.45) is 0.234. The van der Waals surface area contributed by atoms with E-state index < -0.39 is 28.5 Å². The van der Waals surface area contributed by atoms with Gasteiger partial charge in [0.25, 0.3) is 10.0 Å². The lowest BCUT2D eigenvalue weighted by atomic mass is 10.0. The van der Waals surface area contributed by atoms with Gasteiger partial charge in [-0.3, -0.25) is 13.9 Å². The molecular weight excluding hydrogens is 702 g/mol. The van der Waals surface area contributed by atoms with Crippen molar-refractivity contribution in [1.29, 1.82) is 0 Å². The minimum Gasteiger partial charge on any atom is -0.494 e. The van der Waals surface area contributed by atoms with Gasteiger partial charge in [0.05, 0.1) is 17.2 Å². The van der Waals surface area contributed by atoms with E-state index in [4.69, 9.17) is 16.3 Å². The molecule has 0 aromatic heterocycles. The zero-order valence-corrected chi connectivity index (χ0v) is 29.8. The highest BCUT2D eigenvalue weighted by molar-refractivity contribution is 9.10. The average Bonchev–Trinajstić information content (AvgIpc) is 3.05. The Labute approximate surface area is 290 Å². The van der Waals surface area contributed by atoms with Crippen LogP contribution in [-0.4, -0.2) is 50.9 Å². The first-order valence-corrected chi connectivity index (χ1v) is 18.0. The van der Waals surface area contributed by atoms with E-state index in [-0.39, 0.29) is 35.4 Å². The summed E-state index contributed by atoms with van der Waals surface area (Å²) >= 11 is 9.58. The van der Waals surface area contributed by atoms with E-state index in [1.807, 2.05) is 75.4 Å². The molecule has 0 spiro atoms. The Kier molecular flexibility index (Phi) is 12.9. The standard InChI is InChI=1S/C36H39BrClN3O5S/c1-4-46-32-17-15-31(16-18-32)41(47(44,45)33-19-13-30(38)14-20-33)25-35(42)40(24-28-11-8-12-29(37)21-28)34(36(43)39-23-26(2)3)22-27-9-6-5-7-10-27/h5-21,26,34H,4,22-25H2,1-3H3,(H,39,43). The molecule has 47 heavy (non-hydrogen) atoms. The lowest BCUT2D eigenvalue weighted by Crippen LogP contribution is -2.53. The van der Waals surface area contributed by atoms with Crippen LogP contribution in [0.4, 0.5) is 5.69 Å². The number of carbonyl (C=O) groups is 2. The molecule has 1 atom stereocenters. The topological polar surface area (TPSA) is 96.0 Å². The number of carbonyl (C=O) groups excluding carboxylic acids is 2. The molecule has 0 aliphatic heterocycles.